The van der Waals surface area contributed by atoms with Crippen LogP contribution < -0.4 is 5.32 Å². The average molecular weight is 237 g/mol. The van der Waals surface area contributed by atoms with E-state index in [4.69, 9.17) is 4.74 Å². The molecule has 0 atom stereocenters. The summed E-state index contributed by atoms with van der Waals surface area (Å²) in [4.78, 5) is 11.4. The zero-order chi connectivity index (χ0) is 13.1. The number of rotatable bonds is 2. The number of carbonyl (C=O) groups is 1. The third kappa shape index (κ3) is 4.80. The first kappa shape index (κ1) is 13.4. The molecule has 17 heavy (non-hydrogen) atoms. The van der Waals surface area contributed by atoms with E-state index in [0.717, 1.165) is 5.69 Å². The first-order valence-electron chi connectivity index (χ1n) is 5.61. The number of nitrogens with zero attached hydrogens (tertiary/aromatic N) is 2. The molecule has 1 aromatic rings. The van der Waals surface area contributed by atoms with E-state index < -0.39 is 11.7 Å². The van der Waals surface area contributed by atoms with Gasteiger partial charge in [0.05, 0.1) is 5.69 Å². The molecule has 1 N–H and O–H groups in total. The number of amides is 1. The van der Waals surface area contributed by atoms with Crippen LogP contribution in [0.4, 0.5) is 10.6 Å². The molecule has 1 rings (SSSR count). The first-order chi connectivity index (χ1) is 7.78. The van der Waals surface area contributed by atoms with Crippen LogP contribution in [0.25, 0.3) is 0 Å². The van der Waals surface area contributed by atoms with Gasteiger partial charge in [0.1, 0.15) is 5.60 Å². The molecular weight excluding hydrogens is 218 g/mol. The normalized spacial score (nSPS) is 11.4. The Morgan fingerprint density at radius 1 is 1.29 bits per heavy atom. The summed E-state index contributed by atoms with van der Waals surface area (Å²) in [6.45, 7) is 9.48. The van der Waals surface area contributed by atoms with Crippen LogP contribution in [0.2, 0.25) is 0 Å². The van der Waals surface area contributed by atoms with Crippen molar-refractivity contribution in [3.63, 3.8) is 0 Å². The SMILES string of the molecule is CC(C)c1ccc(NC(=O)OC(C)(C)C)nn1. The third-order valence-corrected chi connectivity index (χ3v) is 1.91. The Kier molecular flexibility index (Phi) is 4.04. The monoisotopic (exact) mass is 237 g/mol. The molecule has 0 fully saturated rings. The van der Waals surface area contributed by atoms with E-state index in [-0.39, 0.29) is 0 Å². The number of aromatic nitrogens is 2. The van der Waals surface area contributed by atoms with Gasteiger partial charge in [0.2, 0.25) is 0 Å². The van der Waals surface area contributed by atoms with Crippen molar-refractivity contribution in [2.75, 3.05) is 5.32 Å². The minimum absolute atomic E-state index is 0.318. The smallest absolute Gasteiger partial charge is 0.413 e. The second-order valence-corrected chi connectivity index (χ2v) is 5.13. The predicted molar refractivity (Wildman–Crippen MR) is 66.0 cm³/mol. The molecule has 0 aromatic carbocycles. The third-order valence-electron chi connectivity index (χ3n) is 1.91. The van der Waals surface area contributed by atoms with E-state index in [1.165, 1.54) is 0 Å². The summed E-state index contributed by atoms with van der Waals surface area (Å²) >= 11 is 0. The molecule has 0 bridgehead atoms. The van der Waals surface area contributed by atoms with E-state index in [1.807, 2.05) is 19.9 Å². The summed E-state index contributed by atoms with van der Waals surface area (Å²) in [6.07, 6.45) is -0.524. The maximum atomic E-state index is 11.4. The van der Waals surface area contributed by atoms with Gasteiger partial charge >= 0.3 is 6.09 Å². The lowest BCUT2D eigenvalue weighted by atomic mass is 10.1. The van der Waals surface area contributed by atoms with E-state index >= 15 is 0 Å². The lowest BCUT2D eigenvalue weighted by Gasteiger charge is -2.19. The standard InChI is InChI=1S/C12H19N3O2/c1-8(2)9-6-7-10(15-14-9)13-11(16)17-12(3,4)5/h6-8H,1-5H3,(H,13,15,16). The fourth-order valence-corrected chi connectivity index (χ4v) is 1.13. The molecule has 0 aliphatic rings. The molecule has 0 aliphatic carbocycles. The van der Waals surface area contributed by atoms with Crippen LogP contribution >= 0.6 is 0 Å². The Morgan fingerprint density at radius 2 is 1.94 bits per heavy atom. The van der Waals surface area contributed by atoms with E-state index in [2.05, 4.69) is 15.5 Å². The molecular formula is C12H19N3O2. The van der Waals surface area contributed by atoms with Crippen LogP contribution in [0.3, 0.4) is 0 Å². The molecule has 0 saturated carbocycles. The molecule has 0 saturated heterocycles. The van der Waals surface area contributed by atoms with Gasteiger partial charge in [-0.3, -0.25) is 5.32 Å². The van der Waals surface area contributed by atoms with Gasteiger partial charge in [-0.05, 0) is 38.8 Å². The fourth-order valence-electron chi connectivity index (χ4n) is 1.13. The van der Waals surface area contributed by atoms with Crippen molar-refractivity contribution in [3.05, 3.63) is 17.8 Å². The number of hydrogen-bond donors (Lipinski definition) is 1. The molecule has 5 nitrogen and oxygen atoms in total. The summed E-state index contributed by atoms with van der Waals surface area (Å²) in [6, 6.07) is 3.55. The minimum atomic E-state index is -0.524. The van der Waals surface area contributed by atoms with Crippen LogP contribution in [-0.4, -0.2) is 21.9 Å². The second kappa shape index (κ2) is 5.12. The van der Waals surface area contributed by atoms with Crippen molar-refractivity contribution in [2.24, 2.45) is 0 Å². The van der Waals surface area contributed by atoms with Gasteiger partial charge in [-0.25, -0.2) is 4.79 Å². The molecule has 0 spiro atoms. The Labute approximate surface area is 102 Å². The highest BCUT2D eigenvalue weighted by Gasteiger charge is 2.16. The summed E-state index contributed by atoms with van der Waals surface area (Å²) in [5.74, 6) is 0.710. The molecule has 0 aliphatic heterocycles. The second-order valence-electron chi connectivity index (χ2n) is 5.13. The summed E-state index contributed by atoms with van der Waals surface area (Å²) in [5, 5.41) is 10.4. The van der Waals surface area contributed by atoms with Crippen molar-refractivity contribution >= 4 is 11.9 Å². The van der Waals surface area contributed by atoms with Crippen molar-refractivity contribution in [1.29, 1.82) is 0 Å². The molecule has 1 amide bonds. The van der Waals surface area contributed by atoms with Crippen LogP contribution in [-0.2, 0) is 4.74 Å². The Bertz CT molecular complexity index is 380. The van der Waals surface area contributed by atoms with Gasteiger partial charge in [0.15, 0.2) is 5.82 Å². The molecule has 5 heteroatoms. The molecule has 1 aromatic heterocycles. The summed E-state index contributed by atoms with van der Waals surface area (Å²) in [5.41, 5.74) is 0.370. The Morgan fingerprint density at radius 3 is 2.35 bits per heavy atom. The van der Waals surface area contributed by atoms with Crippen molar-refractivity contribution in [1.82, 2.24) is 10.2 Å². The zero-order valence-corrected chi connectivity index (χ0v) is 10.9. The largest absolute Gasteiger partial charge is 0.444 e. The highest BCUT2D eigenvalue weighted by Crippen LogP contribution is 2.13. The van der Waals surface area contributed by atoms with Gasteiger partial charge < -0.3 is 4.74 Å². The summed E-state index contributed by atoms with van der Waals surface area (Å²) in [7, 11) is 0. The lowest BCUT2D eigenvalue weighted by Crippen LogP contribution is -2.27. The number of nitrogens with one attached hydrogen (secondary N) is 1. The zero-order valence-electron chi connectivity index (χ0n) is 10.9. The maximum absolute atomic E-state index is 11.4. The molecule has 1 heterocycles. The van der Waals surface area contributed by atoms with Gasteiger partial charge in [-0.2, -0.15) is 5.10 Å². The van der Waals surface area contributed by atoms with E-state index in [1.54, 1.807) is 26.8 Å². The number of carbonyl (C=O) groups excluding carboxylic acids is 1. The van der Waals surface area contributed by atoms with Crippen LogP contribution in [0.5, 0.6) is 0 Å². The number of hydrogen-bond acceptors (Lipinski definition) is 4. The molecule has 0 unspecified atom stereocenters. The lowest BCUT2D eigenvalue weighted by molar-refractivity contribution is 0.0635. The molecule has 94 valence electrons. The molecule has 0 radical (unpaired) electrons. The van der Waals surface area contributed by atoms with Crippen LogP contribution in [0, 0.1) is 0 Å². The Balaban J connectivity index is 2.61. The van der Waals surface area contributed by atoms with Gasteiger partial charge in [0.25, 0.3) is 0 Å². The topological polar surface area (TPSA) is 64.1 Å². The predicted octanol–water partition coefficient (Wildman–Crippen LogP) is 2.95. The van der Waals surface area contributed by atoms with Crippen molar-refractivity contribution < 1.29 is 9.53 Å². The highest BCUT2D eigenvalue weighted by atomic mass is 16.6. The Hall–Kier alpha value is -1.65. The van der Waals surface area contributed by atoms with E-state index in [9.17, 15) is 4.79 Å². The van der Waals surface area contributed by atoms with Crippen molar-refractivity contribution in [3.8, 4) is 0 Å². The van der Waals surface area contributed by atoms with Crippen LogP contribution in [0.1, 0.15) is 46.2 Å². The van der Waals surface area contributed by atoms with Crippen LogP contribution in [0.15, 0.2) is 12.1 Å². The first-order valence-corrected chi connectivity index (χ1v) is 5.61. The summed E-state index contributed by atoms with van der Waals surface area (Å²) < 4.78 is 5.10. The van der Waals surface area contributed by atoms with Crippen molar-refractivity contribution in [2.45, 2.75) is 46.1 Å². The van der Waals surface area contributed by atoms with Gasteiger partial charge in [-0.15, -0.1) is 5.10 Å². The fraction of sp³-hybridized carbons (Fsp3) is 0.583. The quantitative estimate of drug-likeness (QED) is 0.858. The average Bonchev–Trinajstić information content (AvgIpc) is 2.15. The highest BCUT2D eigenvalue weighted by molar-refractivity contribution is 5.83. The van der Waals surface area contributed by atoms with Gasteiger partial charge in [-0.1, -0.05) is 13.8 Å². The number of ether oxygens (including phenoxy) is 1. The van der Waals surface area contributed by atoms with E-state index in [0.29, 0.717) is 11.7 Å². The maximum Gasteiger partial charge on any atom is 0.413 e. The number of anilines is 1. The van der Waals surface area contributed by atoms with Gasteiger partial charge in [0, 0.05) is 0 Å². The minimum Gasteiger partial charge on any atom is -0.444 e.